The summed E-state index contributed by atoms with van der Waals surface area (Å²) in [7, 11) is 0. The van der Waals surface area contributed by atoms with Crippen LogP contribution in [0.1, 0.15) is 52.0 Å². The van der Waals surface area contributed by atoms with Gasteiger partial charge in [0.05, 0.1) is 6.42 Å². The lowest BCUT2D eigenvalue weighted by Gasteiger charge is -2.32. The van der Waals surface area contributed by atoms with Crippen molar-refractivity contribution in [2.45, 2.75) is 58.4 Å². The van der Waals surface area contributed by atoms with Crippen LogP contribution >= 0.6 is 0 Å². The number of carbonyl (C=O) groups is 2. The fourth-order valence-electron chi connectivity index (χ4n) is 2.60. The SMILES string of the molecule is CCC(CC)(CC(=O)O)NC(=O)C(C)CCc1cccc(F)c1. The Hall–Kier alpha value is -1.91. The Morgan fingerprint density at radius 1 is 1.30 bits per heavy atom. The van der Waals surface area contributed by atoms with E-state index in [4.69, 9.17) is 5.11 Å². The van der Waals surface area contributed by atoms with Gasteiger partial charge in [0.25, 0.3) is 0 Å². The molecule has 0 fully saturated rings. The maximum Gasteiger partial charge on any atom is 0.305 e. The molecule has 1 aromatic carbocycles. The lowest BCUT2D eigenvalue weighted by atomic mass is 9.88. The minimum Gasteiger partial charge on any atom is -0.481 e. The van der Waals surface area contributed by atoms with Gasteiger partial charge in [-0.1, -0.05) is 32.9 Å². The fraction of sp³-hybridized carbons (Fsp3) is 0.556. The fourth-order valence-corrected chi connectivity index (χ4v) is 2.60. The van der Waals surface area contributed by atoms with E-state index >= 15 is 0 Å². The van der Waals surface area contributed by atoms with E-state index in [1.165, 1.54) is 12.1 Å². The van der Waals surface area contributed by atoms with Crippen LogP contribution in [0, 0.1) is 11.7 Å². The molecular weight excluding hydrogens is 297 g/mol. The van der Waals surface area contributed by atoms with Crippen molar-refractivity contribution in [1.29, 1.82) is 0 Å². The zero-order valence-corrected chi connectivity index (χ0v) is 14.1. The van der Waals surface area contributed by atoms with E-state index in [0.29, 0.717) is 25.7 Å². The van der Waals surface area contributed by atoms with Gasteiger partial charge in [-0.2, -0.15) is 0 Å². The van der Waals surface area contributed by atoms with E-state index < -0.39 is 11.5 Å². The van der Waals surface area contributed by atoms with Crippen LogP contribution in [-0.2, 0) is 16.0 Å². The largest absolute Gasteiger partial charge is 0.481 e. The highest BCUT2D eigenvalue weighted by atomic mass is 19.1. The van der Waals surface area contributed by atoms with Gasteiger partial charge in [0.1, 0.15) is 5.82 Å². The maximum absolute atomic E-state index is 13.2. The Morgan fingerprint density at radius 2 is 1.96 bits per heavy atom. The predicted octanol–water partition coefficient (Wildman–Crippen LogP) is 3.54. The van der Waals surface area contributed by atoms with E-state index in [0.717, 1.165) is 5.56 Å². The molecule has 0 spiro atoms. The van der Waals surface area contributed by atoms with Crippen molar-refractivity contribution >= 4 is 11.9 Å². The number of aryl methyl sites for hydroxylation is 1. The van der Waals surface area contributed by atoms with E-state index in [1.807, 2.05) is 26.8 Å². The second-order valence-electron chi connectivity index (χ2n) is 6.12. The van der Waals surface area contributed by atoms with Crippen molar-refractivity contribution in [3.8, 4) is 0 Å². The van der Waals surface area contributed by atoms with Crippen LogP contribution in [0.3, 0.4) is 0 Å². The van der Waals surface area contributed by atoms with E-state index in [2.05, 4.69) is 5.32 Å². The highest BCUT2D eigenvalue weighted by Crippen LogP contribution is 2.21. The van der Waals surface area contributed by atoms with Crippen LogP contribution in [0.5, 0.6) is 0 Å². The third-order valence-corrected chi connectivity index (χ3v) is 4.43. The smallest absolute Gasteiger partial charge is 0.305 e. The Labute approximate surface area is 137 Å². The molecular formula is C18H26FNO3. The molecule has 0 aliphatic heterocycles. The Kier molecular flexibility index (Phi) is 7.20. The third-order valence-electron chi connectivity index (χ3n) is 4.43. The van der Waals surface area contributed by atoms with E-state index in [-0.39, 0.29) is 24.1 Å². The van der Waals surface area contributed by atoms with Crippen LogP contribution in [0.25, 0.3) is 0 Å². The summed E-state index contributed by atoms with van der Waals surface area (Å²) in [4.78, 5) is 23.4. The monoisotopic (exact) mass is 323 g/mol. The molecule has 1 unspecified atom stereocenters. The standard InChI is InChI=1S/C18H26FNO3/c1-4-18(5-2,12-16(21)22)20-17(23)13(3)9-10-14-7-6-8-15(19)11-14/h6-8,11,13H,4-5,9-10,12H2,1-3H3,(H,20,23)(H,21,22). The van der Waals surface area contributed by atoms with Gasteiger partial charge >= 0.3 is 5.97 Å². The summed E-state index contributed by atoms with van der Waals surface area (Å²) in [6.45, 7) is 5.57. The summed E-state index contributed by atoms with van der Waals surface area (Å²) in [5.41, 5.74) is 0.156. The molecule has 1 atom stereocenters. The molecule has 0 bridgehead atoms. The van der Waals surface area contributed by atoms with Gasteiger partial charge in [-0.05, 0) is 43.4 Å². The first-order chi connectivity index (χ1) is 10.8. The van der Waals surface area contributed by atoms with Crippen molar-refractivity contribution < 1.29 is 19.1 Å². The molecule has 0 heterocycles. The molecule has 2 N–H and O–H groups in total. The summed E-state index contributed by atoms with van der Waals surface area (Å²) in [6.07, 6.45) is 2.25. The highest BCUT2D eigenvalue weighted by molar-refractivity contribution is 5.80. The minimum absolute atomic E-state index is 0.0810. The summed E-state index contributed by atoms with van der Waals surface area (Å²) < 4.78 is 13.2. The Bertz CT molecular complexity index is 541. The number of hydrogen-bond donors (Lipinski definition) is 2. The highest BCUT2D eigenvalue weighted by Gasteiger charge is 2.32. The number of carboxylic acid groups (broad SMARTS) is 1. The molecule has 1 amide bonds. The molecule has 4 nitrogen and oxygen atoms in total. The molecule has 23 heavy (non-hydrogen) atoms. The van der Waals surface area contributed by atoms with Gasteiger partial charge in [-0.25, -0.2) is 4.39 Å². The van der Waals surface area contributed by atoms with E-state index in [1.54, 1.807) is 6.07 Å². The van der Waals surface area contributed by atoms with Gasteiger partial charge in [0.2, 0.25) is 5.91 Å². The zero-order valence-electron chi connectivity index (χ0n) is 14.1. The normalized spacial score (nSPS) is 12.7. The first-order valence-electron chi connectivity index (χ1n) is 8.10. The van der Waals surface area contributed by atoms with Gasteiger partial charge in [-0.15, -0.1) is 0 Å². The number of rotatable bonds is 9. The number of carbonyl (C=O) groups excluding carboxylic acids is 1. The molecule has 0 aliphatic carbocycles. The average molecular weight is 323 g/mol. The van der Waals surface area contributed by atoms with Gasteiger partial charge in [0, 0.05) is 11.5 Å². The molecule has 1 rings (SSSR count). The number of carboxylic acids is 1. The summed E-state index contributed by atoms with van der Waals surface area (Å²) >= 11 is 0. The predicted molar refractivity (Wildman–Crippen MR) is 87.6 cm³/mol. The molecule has 0 saturated carbocycles. The number of hydrogen-bond acceptors (Lipinski definition) is 2. The summed E-state index contributed by atoms with van der Waals surface area (Å²) in [5.74, 6) is -1.60. The summed E-state index contributed by atoms with van der Waals surface area (Å²) in [5, 5.41) is 12.0. The molecule has 1 aromatic rings. The van der Waals surface area contributed by atoms with Crippen LogP contribution in [0.2, 0.25) is 0 Å². The first-order valence-corrected chi connectivity index (χ1v) is 8.10. The van der Waals surface area contributed by atoms with Crippen molar-refractivity contribution in [3.63, 3.8) is 0 Å². The average Bonchev–Trinajstić information content (AvgIpc) is 2.51. The van der Waals surface area contributed by atoms with Crippen molar-refractivity contribution in [2.24, 2.45) is 5.92 Å². The number of halogens is 1. The third kappa shape index (κ3) is 6.00. The molecule has 0 radical (unpaired) electrons. The van der Waals surface area contributed by atoms with Crippen LogP contribution in [-0.4, -0.2) is 22.5 Å². The molecule has 0 aliphatic rings. The van der Waals surface area contributed by atoms with Crippen molar-refractivity contribution in [2.75, 3.05) is 0 Å². The Balaban J connectivity index is 2.62. The van der Waals surface area contributed by atoms with Crippen molar-refractivity contribution in [1.82, 2.24) is 5.32 Å². The molecule has 128 valence electrons. The van der Waals surface area contributed by atoms with Crippen molar-refractivity contribution in [3.05, 3.63) is 35.6 Å². The number of aliphatic carboxylic acids is 1. The van der Waals surface area contributed by atoms with Gasteiger partial charge < -0.3 is 10.4 Å². The summed E-state index contributed by atoms with van der Waals surface area (Å²) in [6, 6.07) is 6.35. The maximum atomic E-state index is 13.2. The number of benzene rings is 1. The molecule has 5 heteroatoms. The molecule has 0 aromatic heterocycles. The van der Waals surface area contributed by atoms with Gasteiger partial charge in [-0.3, -0.25) is 9.59 Å². The Morgan fingerprint density at radius 3 is 2.48 bits per heavy atom. The van der Waals surface area contributed by atoms with E-state index in [9.17, 15) is 14.0 Å². The second kappa shape index (κ2) is 8.65. The van der Waals surface area contributed by atoms with Crippen LogP contribution < -0.4 is 5.32 Å². The topological polar surface area (TPSA) is 66.4 Å². The number of nitrogens with one attached hydrogen (secondary N) is 1. The van der Waals surface area contributed by atoms with Crippen LogP contribution in [0.4, 0.5) is 4.39 Å². The second-order valence-corrected chi connectivity index (χ2v) is 6.12. The molecule has 0 saturated heterocycles. The van der Waals surface area contributed by atoms with Crippen LogP contribution in [0.15, 0.2) is 24.3 Å². The number of amides is 1. The minimum atomic E-state index is -0.915. The van der Waals surface area contributed by atoms with Gasteiger partial charge in [0.15, 0.2) is 0 Å². The lowest BCUT2D eigenvalue weighted by Crippen LogP contribution is -2.50. The first kappa shape index (κ1) is 19.1. The quantitative estimate of drug-likeness (QED) is 0.730. The zero-order chi connectivity index (χ0) is 17.5. The lowest BCUT2D eigenvalue weighted by molar-refractivity contribution is -0.139.